The number of nitrogen functional groups attached to an aromatic ring is 1. The summed E-state index contributed by atoms with van der Waals surface area (Å²) in [7, 11) is 3.25. The van der Waals surface area contributed by atoms with Crippen molar-refractivity contribution in [2.45, 2.75) is 90.4 Å². The van der Waals surface area contributed by atoms with Gasteiger partial charge in [0.1, 0.15) is 0 Å². The summed E-state index contributed by atoms with van der Waals surface area (Å²) in [6, 6.07) is 21.4. The molecule has 2 saturated heterocycles. The molecule has 2 heterocycles. The molecule has 16 heteroatoms. The lowest BCUT2D eigenvalue weighted by Crippen LogP contribution is -2.35. The van der Waals surface area contributed by atoms with Gasteiger partial charge in [-0.05, 0) is 124 Å². The van der Waals surface area contributed by atoms with Gasteiger partial charge in [-0.3, -0.25) is 14.9 Å². The van der Waals surface area contributed by atoms with E-state index in [9.17, 15) is 35.9 Å². The minimum absolute atomic E-state index is 0.0433. The molecular formula is C47H58ClF6N5O3S. The van der Waals surface area contributed by atoms with Gasteiger partial charge in [0.2, 0.25) is 0 Å². The van der Waals surface area contributed by atoms with Crippen LogP contribution >= 0.6 is 23.8 Å². The molecule has 0 aromatic heterocycles. The van der Waals surface area contributed by atoms with Crippen LogP contribution in [0.25, 0.3) is 0 Å². The Bertz CT molecular complexity index is 2030. The molecule has 2 fully saturated rings. The molecule has 0 unspecified atom stereocenters. The molecule has 63 heavy (non-hydrogen) atoms. The van der Waals surface area contributed by atoms with Crippen molar-refractivity contribution in [1.82, 2.24) is 5.32 Å². The molecule has 4 aromatic rings. The number of carbonyl (C=O) groups excluding carboxylic acids is 2. The van der Waals surface area contributed by atoms with Crippen molar-refractivity contribution in [2.75, 3.05) is 61.2 Å². The zero-order valence-electron chi connectivity index (χ0n) is 36.2. The van der Waals surface area contributed by atoms with Gasteiger partial charge in [0.25, 0.3) is 11.1 Å². The monoisotopic (exact) mass is 921 g/mol. The molecular weight excluding hydrogens is 864 g/mol. The normalized spacial score (nSPS) is 14.6. The first kappa shape index (κ1) is 52.5. The minimum atomic E-state index is -4.47. The third-order valence-electron chi connectivity index (χ3n) is 10.1. The Morgan fingerprint density at radius 1 is 0.619 bits per heavy atom. The fourth-order valence-corrected chi connectivity index (χ4v) is 7.13. The van der Waals surface area contributed by atoms with Crippen LogP contribution in [0.4, 0.5) is 49.1 Å². The van der Waals surface area contributed by atoms with Crippen LogP contribution in [0, 0.1) is 13.8 Å². The van der Waals surface area contributed by atoms with Crippen LogP contribution in [-0.2, 0) is 17.1 Å². The van der Waals surface area contributed by atoms with E-state index in [1.807, 2.05) is 26.0 Å². The molecule has 344 valence electrons. The van der Waals surface area contributed by atoms with Gasteiger partial charge in [-0.15, -0.1) is 0 Å². The zero-order chi connectivity index (χ0) is 46.6. The van der Waals surface area contributed by atoms with Gasteiger partial charge < -0.3 is 25.6 Å². The van der Waals surface area contributed by atoms with Crippen LogP contribution in [-0.4, -0.2) is 56.7 Å². The number of nitrogens with two attached hydrogens (primary N) is 1. The average molecular weight is 923 g/mol. The first-order valence-electron chi connectivity index (χ1n) is 20.9. The summed E-state index contributed by atoms with van der Waals surface area (Å²) in [5, 5.41) is 4.94. The summed E-state index contributed by atoms with van der Waals surface area (Å²) in [5.41, 5.74) is 9.30. The first-order chi connectivity index (χ1) is 29.8. The molecule has 0 atom stereocenters. The quantitative estimate of drug-likeness (QED) is 0.0788. The number of amides is 1. The van der Waals surface area contributed by atoms with Crippen LogP contribution in [0.2, 0.25) is 0 Å². The standard InChI is InChI=1S/C23H26F3N3OS.C14H19F3N2.C8H7ClO.C2H6O/c1-16-7-9-17(10-8-16)21(30)28-22(31)27-19-15-18(23(24,25)26)11-12-20(19)29-13-5-3-2-4-6-14-29;15-14(16,17)11-6-7-13(12(18)10-11)19-8-4-2-1-3-5-9-19;1-6-2-4-7(5-3-6)8(9)10;1-3-2/h7-12,15H,2-6,13-14H2,1H3,(H2,27,28,30,31);6-7,10H,1-5,8-9,18H2;2-5H,1H3;1-2H3. The number of halogens is 7. The number of hydrogen-bond acceptors (Lipinski definition) is 7. The average Bonchev–Trinajstić information content (AvgIpc) is 3.19. The summed E-state index contributed by atoms with van der Waals surface area (Å²) < 4.78 is 82.0. The molecule has 6 rings (SSSR count). The number of aryl methyl sites for hydroxylation is 2. The highest BCUT2D eigenvalue weighted by atomic mass is 35.5. The molecule has 4 N–H and O–H groups in total. The predicted molar refractivity (Wildman–Crippen MR) is 247 cm³/mol. The molecule has 1 amide bonds. The highest BCUT2D eigenvalue weighted by Crippen LogP contribution is 2.37. The number of anilines is 4. The van der Waals surface area contributed by atoms with E-state index < -0.39 is 34.6 Å². The summed E-state index contributed by atoms with van der Waals surface area (Å²) in [4.78, 5) is 27.1. The molecule has 0 spiro atoms. The number of benzene rings is 4. The summed E-state index contributed by atoms with van der Waals surface area (Å²) in [6.45, 7) is 7.15. The fourth-order valence-electron chi connectivity index (χ4n) is 6.80. The number of rotatable bonds is 5. The van der Waals surface area contributed by atoms with Crippen LogP contribution in [0.15, 0.2) is 84.9 Å². The number of carbonyl (C=O) groups is 2. The van der Waals surface area contributed by atoms with Crippen molar-refractivity contribution in [3.63, 3.8) is 0 Å². The number of methoxy groups -OCH3 is 1. The van der Waals surface area contributed by atoms with Crippen molar-refractivity contribution < 1.29 is 40.7 Å². The van der Waals surface area contributed by atoms with Crippen molar-refractivity contribution >= 4 is 62.8 Å². The van der Waals surface area contributed by atoms with E-state index >= 15 is 0 Å². The zero-order valence-corrected chi connectivity index (χ0v) is 37.8. The smallest absolute Gasteiger partial charge is 0.397 e. The van der Waals surface area contributed by atoms with Gasteiger partial charge in [0.05, 0.1) is 33.9 Å². The molecule has 0 bridgehead atoms. The first-order valence-corrected chi connectivity index (χ1v) is 21.7. The minimum Gasteiger partial charge on any atom is -0.397 e. The molecule has 2 aliphatic rings. The second kappa shape index (κ2) is 26.1. The number of nitrogens with one attached hydrogen (secondary N) is 2. The number of thiocarbonyl (C=S) groups is 1. The lowest BCUT2D eigenvalue weighted by Gasteiger charge is -2.29. The summed E-state index contributed by atoms with van der Waals surface area (Å²) in [5.74, 6) is -0.419. The number of ether oxygens (including phenoxy) is 1. The van der Waals surface area contributed by atoms with Gasteiger partial charge in [0, 0.05) is 51.5 Å². The van der Waals surface area contributed by atoms with Crippen molar-refractivity contribution in [1.29, 1.82) is 0 Å². The highest BCUT2D eigenvalue weighted by molar-refractivity contribution is 7.80. The van der Waals surface area contributed by atoms with E-state index in [0.29, 0.717) is 16.8 Å². The number of nitrogens with zero attached hydrogens (tertiary/aromatic N) is 2. The van der Waals surface area contributed by atoms with E-state index in [-0.39, 0.29) is 16.5 Å². The Hall–Kier alpha value is -4.86. The summed E-state index contributed by atoms with van der Waals surface area (Å²) in [6.07, 6.45) is 2.29. The molecule has 0 radical (unpaired) electrons. The van der Waals surface area contributed by atoms with Gasteiger partial charge in [-0.2, -0.15) is 26.3 Å². The van der Waals surface area contributed by atoms with Gasteiger partial charge >= 0.3 is 12.4 Å². The Kier molecular flexibility index (Phi) is 21.7. The van der Waals surface area contributed by atoms with E-state index in [1.165, 1.54) is 37.8 Å². The Labute approximate surface area is 377 Å². The predicted octanol–water partition coefficient (Wildman–Crippen LogP) is 12.6. The molecule has 4 aromatic carbocycles. The lowest BCUT2D eigenvalue weighted by atomic mass is 10.1. The van der Waals surface area contributed by atoms with Crippen LogP contribution in [0.3, 0.4) is 0 Å². The second-order valence-electron chi connectivity index (χ2n) is 15.3. The molecule has 0 aliphatic carbocycles. The fraction of sp³-hybridized carbons (Fsp3) is 0.426. The maximum absolute atomic E-state index is 13.3. The van der Waals surface area contributed by atoms with Crippen LogP contribution in [0.5, 0.6) is 0 Å². The van der Waals surface area contributed by atoms with Crippen LogP contribution in [0.1, 0.15) is 107 Å². The van der Waals surface area contributed by atoms with Crippen molar-refractivity contribution in [2.24, 2.45) is 0 Å². The second-order valence-corrected chi connectivity index (χ2v) is 16.1. The van der Waals surface area contributed by atoms with Crippen LogP contribution < -0.4 is 26.2 Å². The maximum Gasteiger partial charge on any atom is 0.416 e. The Morgan fingerprint density at radius 2 is 1.00 bits per heavy atom. The Morgan fingerprint density at radius 3 is 1.41 bits per heavy atom. The van der Waals surface area contributed by atoms with Crippen molar-refractivity contribution in [3.05, 3.63) is 118 Å². The van der Waals surface area contributed by atoms with E-state index in [2.05, 4.69) is 25.2 Å². The lowest BCUT2D eigenvalue weighted by molar-refractivity contribution is -0.138. The van der Waals surface area contributed by atoms with Gasteiger partial charge in [-0.25, -0.2) is 0 Å². The third kappa shape index (κ3) is 18.4. The molecule has 2 aliphatic heterocycles. The summed E-state index contributed by atoms with van der Waals surface area (Å²) >= 11 is 10.5. The molecule has 8 nitrogen and oxygen atoms in total. The maximum atomic E-state index is 13.3. The van der Waals surface area contributed by atoms with Crippen molar-refractivity contribution in [3.8, 4) is 0 Å². The number of hydrogen-bond donors (Lipinski definition) is 3. The van der Waals surface area contributed by atoms with E-state index in [1.54, 1.807) is 50.6 Å². The highest BCUT2D eigenvalue weighted by Gasteiger charge is 2.32. The number of alkyl halides is 6. The van der Waals surface area contributed by atoms with Gasteiger partial charge in [-0.1, -0.05) is 73.9 Å². The van der Waals surface area contributed by atoms with E-state index in [4.69, 9.17) is 29.6 Å². The third-order valence-corrected chi connectivity index (χ3v) is 10.6. The van der Waals surface area contributed by atoms with Gasteiger partial charge in [0.15, 0.2) is 5.11 Å². The largest absolute Gasteiger partial charge is 0.416 e. The van der Waals surface area contributed by atoms with E-state index in [0.717, 1.165) is 106 Å². The Balaban J connectivity index is 0.000000278. The SMILES string of the molecule is COC.Cc1ccc(C(=O)Cl)cc1.Cc1ccc(C(=O)NC(=S)Nc2cc(C(F)(F)F)ccc2N2CCCCCCC2)cc1.Nc1cc(C(F)(F)F)ccc1N1CCCCCCC1. The topological polar surface area (TPSA) is 99.9 Å². The molecule has 0 saturated carbocycles.